The number of carbonyl (C=O) groups excluding carboxylic acids is 1. The van der Waals surface area contributed by atoms with E-state index in [-0.39, 0.29) is 5.78 Å². The largest absolute Gasteiger partial charge is 0.293 e. The van der Waals surface area contributed by atoms with E-state index < -0.39 is 16.2 Å². The second-order valence-electron chi connectivity index (χ2n) is 6.05. The molecule has 2 nitrogen and oxygen atoms in total. The molecule has 1 aliphatic carbocycles. The number of hydrogen-bond donors (Lipinski definition) is 0. The summed E-state index contributed by atoms with van der Waals surface area (Å²) in [5.74, 6) is 0.178. The number of Topliss-reactive ketones (excluding diaryl/α,β-unsaturated/α-hetero) is 1. The van der Waals surface area contributed by atoms with Crippen molar-refractivity contribution in [2.24, 2.45) is 5.41 Å². The standard InChI is InChI=1S/C19H18O2S/c1-19(2)17(14-9-11-15(12-10-14)22(3)21)16(18(19)20)13-7-5-4-6-8-13/h4-12H,1-3H3. The van der Waals surface area contributed by atoms with Crippen molar-refractivity contribution in [2.75, 3.05) is 6.26 Å². The minimum Gasteiger partial charge on any atom is -0.293 e. The Bertz CT molecular complexity index is 784. The Labute approximate surface area is 133 Å². The summed E-state index contributed by atoms with van der Waals surface area (Å²) in [6.07, 6.45) is 1.67. The number of carbonyl (C=O) groups is 1. The highest BCUT2D eigenvalue weighted by Gasteiger charge is 2.46. The van der Waals surface area contributed by atoms with Gasteiger partial charge in [-0.2, -0.15) is 0 Å². The first-order chi connectivity index (χ1) is 10.4. The summed E-state index contributed by atoms with van der Waals surface area (Å²) in [6, 6.07) is 17.5. The summed E-state index contributed by atoms with van der Waals surface area (Å²) in [6.45, 7) is 3.92. The zero-order valence-electron chi connectivity index (χ0n) is 12.9. The number of hydrogen-bond acceptors (Lipinski definition) is 2. The molecule has 22 heavy (non-hydrogen) atoms. The van der Waals surface area contributed by atoms with Crippen LogP contribution in [-0.4, -0.2) is 16.2 Å². The van der Waals surface area contributed by atoms with Gasteiger partial charge in [0.15, 0.2) is 5.78 Å². The van der Waals surface area contributed by atoms with Crippen LogP contribution >= 0.6 is 0 Å². The van der Waals surface area contributed by atoms with Crippen molar-refractivity contribution >= 4 is 27.7 Å². The van der Waals surface area contributed by atoms with Crippen molar-refractivity contribution in [3.63, 3.8) is 0 Å². The molecule has 0 aromatic heterocycles. The lowest BCUT2D eigenvalue weighted by Gasteiger charge is -2.39. The monoisotopic (exact) mass is 310 g/mol. The van der Waals surface area contributed by atoms with Crippen LogP contribution < -0.4 is 0 Å². The molecule has 2 aromatic carbocycles. The lowest BCUT2D eigenvalue weighted by Crippen LogP contribution is -2.37. The fraction of sp³-hybridized carbons (Fsp3) is 0.211. The van der Waals surface area contributed by atoms with Crippen molar-refractivity contribution in [1.82, 2.24) is 0 Å². The Morgan fingerprint density at radius 2 is 1.45 bits per heavy atom. The molecule has 0 radical (unpaired) electrons. The Balaban J connectivity index is 2.14. The summed E-state index contributed by atoms with van der Waals surface area (Å²) in [7, 11) is -0.988. The third-order valence-corrected chi connectivity index (χ3v) is 5.14. The van der Waals surface area contributed by atoms with Crippen LogP contribution in [0.1, 0.15) is 25.0 Å². The molecule has 0 fully saturated rings. The van der Waals surface area contributed by atoms with Gasteiger partial charge >= 0.3 is 0 Å². The molecular formula is C19H18O2S. The molecule has 1 atom stereocenters. The molecule has 2 aromatic rings. The molecule has 0 heterocycles. The molecule has 0 amide bonds. The molecule has 0 saturated heterocycles. The second kappa shape index (κ2) is 5.33. The normalized spacial score (nSPS) is 18.0. The molecule has 0 spiro atoms. The summed E-state index contributed by atoms with van der Waals surface area (Å²) < 4.78 is 11.5. The van der Waals surface area contributed by atoms with Crippen LogP contribution in [0.3, 0.4) is 0 Å². The average molecular weight is 310 g/mol. The van der Waals surface area contributed by atoms with E-state index in [1.165, 1.54) is 0 Å². The quantitative estimate of drug-likeness (QED) is 0.860. The SMILES string of the molecule is CS(=O)c1ccc(C2=C(c3ccccc3)C(=O)C2(C)C)cc1. The van der Waals surface area contributed by atoms with Crippen LogP contribution in [0, 0.1) is 5.41 Å². The molecule has 3 rings (SSSR count). The van der Waals surface area contributed by atoms with Gasteiger partial charge in [0, 0.05) is 27.5 Å². The molecule has 3 heteroatoms. The van der Waals surface area contributed by atoms with Crippen LogP contribution in [0.5, 0.6) is 0 Å². The zero-order chi connectivity index (χ0) is 15.9. The van der Waals surface area contributed by atoms with E-state index >= 15 is 0 Å². The number of rotatable bonds is 3. The molecule has 112 valence electrons. The molecular weight excluding hydrogens is 292 g/mol. The van der Waals surface area contributed by atoms with Gasteiger partial charge in [-0.15, -0.1) is 0 Å². The molecule has 1 aliphatic rings. The zero-order valence-corrected chi connectivity index (χ0v) is 13.7. The number of ketones is 1. The van der Waals surface area contributed by atoms with Crippen molar-refractivity contribution in [2.45, 2.75) is 18.7 Å². The molecule has 0 aliphatic heterocycles. The third kappa shape index (κ3) is 2.26. The predicted octanol–water partition coefficient (Wildman–Crippen LogP) is 3.94. The number of allylic oxidation sites excluding steroid dienone is 2. The predicted molar refractivity (Wildman–Crippen MR) is 90.8 cm³/mol. The summed E-state index contributed by atoms with van der Waals surface area (Å²) >= 11 is 0. The van der Waals surface area contributed by atoms with E-state index in [0.717, 1.165) is 27.2 Å². The van der Waals surface area contributed by atoms with E-state index in [2.05, 4.69) is 0 Å². The average Bonchev–Trinajstić information content (AvgIpc) is 2.52. The third-order valence-electron chi connectivity index (χ3n) is 4.21. The first kappa shape index (κ1) is 14.9. The maximum Gasteiger partial charge on any atom is 0.173 e. The smallest absolute Gasteiger partial charge is 0.173 e. The van der Waals surface area contributed by atoms with Gasteiger partial charge in [-0.3, -0.25) is 9.00 Å². The number of benzene rings is 2. The van der Waals surface area contributed by atoms with Gasteiger partial charge in [0.2, 0.25) is 0 Å². The summed E-state index contributed by atoms with van der Waals surface area (Å²) in [5, 5.41) is 0. The maximum absolute atomic E-state index is 12.5. The van der Waals surface area contributed by atoms with E-state index in [1.54, 1.807) is 6.26 Å². The Morgan fingerprint density at radius 1 is 0.864 bits per heavy atom. The Kier molecular flexibility index (Phi) is 3.61. The van der Waals surface area contributed by atoms with E-state index in [4.69, 9.17) is 0 Å². The minimum absolute atomic E-state index is 0.178. The van der Waals surface area contributed by atoms with Crippen LogP contribution in [0.4, 0.5) is 0 Å². The highest BCUT2D eigenvalue weighted by Crippen LogP contribution is 2.52. The minimum atomic E-state index is -0.988. The molecule has 0 N–H and O–H groups in total. The van der Waals surface area contributed by atoms with Crippen LogP contribution in [0.25, 0.3) is 11.1 Å². The van der Waals surface area contributed by atoms with E-state index in [1.807, 2.05) is 68.4 Å². The molecule has 0 bridgehead atoms. The van der Waals surface area contributed by atoms with Gasteiger partial charge in [0.05, 0.1) is 5.41 Å². The molecule has 1 unspecified atom stereocenters. The maximum atomic E-state index is 12.5. The van der Waals surface area contributed by atoms with E-state index in [0.29, 0.717) is 0 Å². The van der Waals surface area contributed by atoms with Crippen LogP contribution in [0.2, 0.25) is 0 Å². The highest BCUT2D eigenvalue weighted by molar-refractivity contribution is 7.84. The first-order valence-corrected chi connectivity index (χ1v) is 8.77. The van der Waals surface area contributed by atoms with Crippen LogP contribution in [0.15, 0.2) is 59.5 Å². The van der Waals surface area contributed by atoms with Gasteiger partial charge in [0.1, 0.15) is 0 Å². The fourth-order valence-electron chi connectivity index (χ4n) is 2.99. The summed E-state index contributed by atoms with van der Waals surface area (Å²) in [5.41, 5.74) is 3.38. The van der Waals surface area contributed by atoms with Crippen molar-refractivity contribution in [3.05, 3.63) is 65.7 Å². The lowest BCUT2D eigenvalue weighted by molar-refractivity contribution is -0.120. The molecule has 0 saturated carbocycles. The van der Waals surface area contributed by atoms with Crippen molar-refractivity contribution < 1.29 is 9.00 Å². The van der Waals surface area contributed by atoms with E-state index in [9.17, 15) is 9.00 Å². The van der Waals surface area contributed by atoms with Gasteiger partial charge in [-0.25, -0.2) is 0 Å². The highest BCUT2D eigenvalue weighted by atomic mass is 32.2. The summed E-state index contributed by atoms with van der Waals surface area (Å²) in [4.78, 5) is 13.3. The topological polar surface area (TPSA) is 34.1 Å². The van der Waals surface area contributed by atoms with Crippen molar-refractivity contribution in [1.29, 1.82) is 0 Å². The fourth-order valence-corrected chi connectivity index (χ4v) is 3.51. The Morgan fingerprint density at radius 3 is 2.00 bits per heavy atom. The van der Waals surface area contributed by atoms with Crippen LogP contribution in [-0.2, 0) is 15.6 Å². The van der Waals surface area contributed by atoms with Gasteiger partial charge in [0.25, 0.3) is 0 Å². The lowest BCUT2D eigenvalue weighted by atomic mass is 9.61. The van der Waals surface area contributed by atoms with Gasteiger partial charge in [-0.05, 0) is 42.7 Å². The first-order valence-electron chi connectivity index (χ1n) is 7.22. The second-order valence-corrected chi connectivity index (χ2v) is 7.43. The Hall–Kier alpha value is -2.00. The van der Waals surface area contributed by atoms with Gasteiger partial charge in [-0.1, -0.05) is 42.5 Å². The van der Waals surface area contributed by atoms with Gasteiger partial charge < -0.3 is 0 Å². The van der Waals surface area contributed by atoms with Crippen molar-refractivity contribution in [3.8, 4) is 0 Å².